The molecule has 0 spiro atoms. The van der Waals surface area contributed by atoms with E-state index < -0.39 is 5.89 Å². The molecule has 0 unspecified atom stereocenters. The lowest BCUT2D eigenvalue weighted by Gasteiger charge is -2.13. The number of nitrogens with zero attached hydrogens (tertiary/aromatic N) is 2. The standard InChI is InChI=1S/C21H20N2O/c1-3-14(4-2)15-10-12-22-19(13-15)18-8-5-7-16-17-9-6-11-23-21(17)24-20(16)18/h5-14H,3-4H2,1-2H3/i14D. The first-order chi connectivity index (χ1) is 12.2. The van der Waals surface area contributed by atoms with Crippen LogP contribution in [0.1, 0.15) is 39.5 Å². The number of fused-ring (bicyclic) bond motifs is 3. The Morgan fingerprint density at radius 1 is 1.00 bits per heavy atom. The second-order valence-corrected chi connectivity index (χ2v) is 5.88. The fraction of sp³-hybridized carbons (Fsp3) is 0.238. The molecule has 3 heteroatoms. The minimum Gasteiger partial charge on any atom is -0.437 e. The first kappa shape index (κ1) is 13.7. The Hall–Kier alpha value is -2.68. The lowest BCUT2D eigenvalue weighted by atomic mass is 9.93. The molecule has 0 N–H and O–H groups in total. The summed E-state index contributed by atoms with van der Waals surface area (Å²) in [4.78, 5) is 8.87. The van der Waals surface area contributed by atoms with Gasteiger partial charge in [0.15, 0.2) is 0 Å². The summed E-state index contributed by atoms with van der Waals surface area (Å²) in [5.74, 6) is -0.582. The fourth-order valence-electron chi connectivity index (χ4n) is 3.29. The molecule has 24 heavy (non-hydrogen) atoms. The van der Waals surface area contributed by atoms with Gasteiger partial charge in [-0.25, -0.2) is 4.98 Å². The average molecular weight is 317 g/mol. The molecule has 0 aliphatic heterocycles. The third-order valence-electron chi connectivity index (χ3n) is 4.57. The van der Waals surface area contributed by atoms with Crippen LogP contribution >= 0.6 is 0 Å². The summed E-state index contributed by atoms with van der Waals surface area (Å²) in [6.07, 6.45) is 5.07. The van der Waals surface area contributed by atoms with Gasteiger partial charge in [-0.15, -0.1) is 0 Å². The summed E-state index contributed by atoms with van der Waals surface area (Å²) < 4.78 is 14.7. The second kappa shape index (κ2) is 6.08. The summed E-state index contributed by atoms with van der Waals surface area (Å²) in [6, 6.07) is 14.0. The summed E-state index contributed by atoms with van der Waals surface area (Å²) in [5, 5.41) is 2.04. The van der Waals surface area contributed by atoms with E-state index in [0.29, 0.717) is 5.71 Å². The molecule has 3 nitrogen and oxygen atoms in total. The van der Waals surface area contributed by atoms with Crippen LogP contribution in [0.2, 0.25) is 0 Å². The van der Waals surface area contributed by atoms with Crippen molar-refractivity contribution >= 4 is 22.1 Å². The van der Waals surface area contributed by atoms with E-state index in [4.69, 9.17) is 5.79 Å². The van der Waals surface area contributed by atoms with Gasteiger partial charge in [0.2, 0.25) is 5.71 Å². The van der Waals surface area contributed by atoms with Crippen LogP contribution in [-0.4, -0.2) is 9.97 Å². The number of rotatable bonds is 4. The number of para-hydroxylation sites is 1. The zero-order chi connectivity index (χ0) is 17.4. The lowest BCUT2D eigenvalue weighted by Crippen LogP contribution is -1.96. The Morgan fingerprint density at radius 3 is 2.67 bits per heavy atom. The molecule has 0 aliphatic carbocycles. The highest BCUT2D eigenvalue weighted by molar-refractivity contribution is 6.08. The van der Waals surface area contributed by atoms with E-state index in [1.807, 2.05) is 42.5 Å². The lowest BCUT2D eigenvalue weighted by molar-refractivity contribution is 0.641. The van der Waals surface area contributed by atoms with Crippen molar-refractivity contribution in [3.63, 3.8) is 0 Å². The van der Waals surface area contributed by atoms with Gasteiger partial charge in [-0.3, -0.25) is 4.98 Å². The van der Waals surface area contributed by atoms with Crippen molar-refractivity contribution in [2.45, 2.75) is 32.6 Å². The third kappa shape index (κ3) is 2.37. The molecule has 0 saturated heterocycles. The molecular weight excluding hydrogens is 296 g/mol. The predicted octanol–water partition coefficient (Wildman–Crippen LogP) is 5.95. The quantitative estimate of drug-likeness (QED) is 0.467. The molecule has 0 aliphatic rings. The average Bonchev–Trinajstić information content (AvgIpc) is 3.06. The SMILES string of the molecule is [2H]C(CC)(CC)c1ccnc(-c2cccc3c2oc2ncccc23)c1. The number of aromatic nitrogens is 2. The van der Waals surface area contributed by atoms with E-state index in [1.165, 1.54) is 0 Å². The summed E-state index contributed by atoms with van der Waals surface area (Å²) in [6.45, 7) is 4.12. The molecule has 4 aromatic rings. The molecule has 0 fully saturated rings. The van der Waals surface area contributed by atoms with Gasteiger partial charge in [0.05, 0.1) is 5.69 Å². The number of furan rings is 1. The van der Waals surface area contributed by atoms with E-state index in [1.54, 1.807) is 12.4 Å². The van der Waals surface area contributed by atoms with Crippen molar-refractivity contribution in [3.05, 3.63) is 60.4 Å². The predicted molar refractivity (Wildman–Crippen MR) is 98.1 cm³/mol. The summed E-state index contributed by atoms with van der Waals surface area (Å²) in [7, 11) is 0. The summed E-state index contributed by atoms with van der Waals surface area (Å²) in [5.41, 5.74) is 4.20. The largest absolute Gasteiger partial charge is 0.437 e. The normalized spacial score (nSPS) is 12.7. The molecule has 0 saturated carbocycles. The Labute approximate surface area is 142 Å². The number of hydrogen-bond acceptors (Lipinski definition) is 3. The molecule has 3 heterocycles. The molecule has 3 aromatic heterocycles. The monoisotopic (exact) mass is 317 g/mol. The van der Waals surface area contributed by atoms with Crippen molar-refractivity contribution in [2.24, 2.45) is 0 Å². The maximum absolute atomic E-state index is 8.71. The smallest absolute Gasteiger partial charge is 0.227 e. The van der Waals surface area contributed by atoms with Crippen molar-refractivity contribution in [1.29, 1.82) is 0 Å². The third-order valence-corrected chi connectivity index (χ3v) is 4.57. The van der Waals surface area contributed by atoms with Crippen LogP contribution in [0.25, 0.3) is 33.3 Å². The highest BCUT2D eigenvalue weighted by atomic mass is 16.3. The van der Waals surface area contributed by atoms with Gasteiger partial charge in [0.1, 0.15) is 5.58 Å². The highest BCUT2D eigenvalue weighted by Gasteiger charge is 2.14. The van der Waals surface area contributed by atoms with Crippen LogP contribution in [0, 0.1) is 0 Å². The second-order valence-electron chi connectivity index (χ2n) is 5.88. The Balaban J connectivity index is 1.93. The minimum absolute atomic E-state index is 0.582. The van der Waals surface area contributed by atoms with Crippen LogP contribution in [0.4, 0.5) is 0 Å². The van der Waals surface area contributed by atoms with Gasteiger partial charge >= 0.3 is 0 Å². The van der Waals surface area contributed by atoms with Gasteiger partial charge in [-0.1, -0.05) is 26.0 Å². The number of hydrogen-bond donors (Lipinski definition) is 0. The minimum atomic E-state index is -0.582. The van der Waals surface area contributed by atoms with Crippen LogP contribution in [-0.2, 0) is 0 Å². The van der Waals surface area contributed by atoms with Gasteiger partial charge in [-0.05, 0) is 54.6 Å². The zero-order valence-corrected chi connectivity index (χ0v) is 13.9. The van der Waals surface area contributed by atoms with Gasteiger partial charge in [-0.2, -0.15) is 0 Å². The zero-order valence-electron chi connectivity index (χ0n) is 14.9. The molecule has 1 aromatic carbocycles. The van der Waals surface area contributed by atoms with Gasteiger partial charge in [0, 0.05) is 30.1 Å². The van der Waals surface area contributed by atoms with Crippen molar-refractivity contribution in [1.82, 2.24) is 9.97 Å². The first-order valence-corrected chi connectivity index (χ1v) is 8.39. The number of benzene rings is 1. The van der Waals surface area contributed by atoms with Crippen LogP contribution in [0.5, 0.6) is 0 Å². The van der Waals surface area contributed by atoms with E-state index in [2.05, 4.69) is 23.8 Å². The molecule has 0 bridgehead atoms. The van der Waals surface area contributed by atoms with E-state index in [9.17, 15) is 0 Å². The molecule has 4 rings (SSSR count). The van der Waals surface area contributed by atoms with E-state index >= 15 is 0 Å². The van der Waals surface area contributed by atoms with E-state index in [-0.39, 0.29) is 0 Å². The fourth-order valence-corrected chi connectivity index (χ4v) is 3.29. The van der Waals surface area contributed by atoms with E-state index in [0.717, 1.165) is 46.0 Å². The van der Waals surface area contributed by atoms with Gasteiger partial charge < -0.3 is 4.42 Å². The number of pyridine rings is 2. The Morgan fingerprint density at radius 2 is 1.83 bits per heavy atom. The molecule has 0 amide bonds. The van der Waals surface area contributed by atoms with Crippen LogP contribution in [0.15, 0.2) is 59.3 Å². The highest BCUT2D eigenvalue weighted by Crippen LogP contribution is 2.35. The Kier molecular flexibility index (Phi) is 3.48. The van der Waals surface area contributed by atoms with Gasteiger partial charge in [0.25, 0.3) is 0 Å². The van der Waals surface area contributed by atoms with Crippen LogP contribution in [0.3, 0.4) is 0 Å². The molecule has 120 valence electrons. The molecule has 0 atom stereocenters. The molecule has 0 radical (unpaired) electrons. The Bertz CT molecular complexity index is 1050. The summed E-state index contributed by atoms with van der Waals surface area (Å²) >= 11 is 0. The molecular formula is C21H20N2O. The maximum atomic E-state index is 8.71. The van der Waals surface area contributed by atoms with Crippen molar-refractivity contribution in [3.8, 4) is 11.3 Å². The van der Waals surface area contributed by atoms with Crippen molar-refractivity contribution < 1.29 is 5.79 Å². The van der Waals surface area contributed by atoms with Crippen LogP contribution < -0.4 is 0 Å². The first-order valence-electron chi connectivity index (χ1n) is 8.89. The topological polar surface area (TPSA) is 38.9 Å². The maximum Gasteiger partial charge on any atom is 0.227 e. The van der Waals surface area contributed by atoms with Crippen molar-refractivity contribution in [2.75, 3.05) is 0 Å².